The molecule has 1 aromatic heterocycles. The molecular weight excluding hydrogens is 746 g/mol. The Labute approximate surface area is 283 Å². The molecule has 3 aromatic carbocycles. The normalized spacial score (nSPS) is 24.8. The number of imide groups is 1. The number of ketones is 1. The van der Waals surface area contributed by atoms with E-state index in [2.05, 4.69) is 36.8 Å². The third-order valence-corrected chi connectivity index (χ3v) is 12.6. The Hall–Kier alpha value is -4.00. The maximum atomic E-state index is 13.5. The highest BCUT2D eigenvalue weighted by Gasteiger charge is 2.66. The third kappa shape index (κ3) is 4.94. The molecule has 2 amide bonds. The Bertz CT molecular complexity index is 1960. The van der Waals surface area contributed by atoms with E-state index in [1.807, 2.05) is 0 Å². The molecule has 0 N–H and O–H groups in total. The smallest absolute Gasteiger partial charge is 0.339 e. The minimum absolute atomic E-state index is 0.0377. The molecule has 6 unspecified atom stereocenters. The number of Topliss-reactive ketones (excluding diaryl/α,β-unsaturated/α-hetero) is 1. The summed E-state index contributed by atoms with van der Waals surface area (Å²) in [5, 5.41) is 11.8. The van der Waals surface area contributed by atoms with Crippen LogP contribution in [0.1, 0.15) is 27.1 Å². The molecule has 1 saturated heterocycles. The van der Waals surface area contributed by atoms with Gasteiger partial charge in [-0.05, 0) is 42.5 Å². The second kappa shape index (κ2) is 11.7. The van der Waals surface area contributed by atoms with Crippen molar-refractivity contribution in [1.82, 2.24) is 4.98 Å². The van der Waals surface area contributed by atoms with Crippen molar-refractivity contribution in [2.45, 2.75) is 16.1 Å². The highest BCUT2D eigenvalue weighted by atomic mass is 79.9. The molecule has 0 radical (unpaired) electrons. The van der Waals surface area contributed by atoms with E-state index in [-0.39, 0.29) is 62.0 Å². The Kier molecular flexibility index (Phi) is 7.77. The molecule has 232 valence electrons. The molecule has 2 bridgehead atoms. The first-order valence-corrected chi connectivity index (χ1v) is 16.6. The summed E-state index contributed by atoms with van der Waals surface area (Å²) in [6.45, 7) is -0.637. The van der Waals surface area contributed by atoms with Crippen LogP contribution in [0.25, 0.3) is 22.2 Å². The van der Waals surface area contributed by atoms with Crippen molar-refractivity contribution in [2.75, 3.05) is 11.5 Å². The third-order valence-electron chi connectivity index (χ3n) is 9.13. The van der Waals surface area contributed by atoms with Gasteiger partial charge in [0.1, 0.15) is 0 Å². The number of halogens is 3. The first kappa shape index (κ1) is 30.6. The molecule has 6 atom stereocenters. The summed E-state index contributed by atoms with van der Waals surface area (Å²) in [4.78, 5) is 69.7. The molecule has 3 aliphatic rings. The fourth-order valence-electron chi connectivity index (χ4n) is 7.00. The van der Waals surface area contributed by atoms with E-state index in [0.29, 0.717) is 32.9 Å². The first-order valence-electron chi connectivity index (χ1n) is 14.4. The number of aromatic nitrogens is 1. The van der Waals surface area contributed by atoms with Gasteiger partial charge < -0.3 is 4.74 Å². The van der Waals surface area contributed by atoms with Gasteiger partial charge in [-0.25, -0.2) is 9.78 Å². The molecule has 1 aliphatic heterocycles. The quantitative estimate of drug-likeness (QED) is 0.0501. The molecule has 4 aromatic rings. The SMILES string of the molecule is O=C(COC(=O)c1cc(-c2ccc(N3C(=O)C4C5CC(C(Br)C5Br)C4C3=O)cc2)nc2c(Cl)cccc12)c1cccc([N+](=O)[O-])c1. The van der Waals surface area contributed by atoms with E-state index in [0.717, 1.165) is 12.5 Å². The van der Waals surface area contributed by atoms with Gasteiger partial charge in [0.2, 0.25) is 17.6 Å². The highest BCUT2D eigenvalue weighted by molar-refractivity contribution is 9.12. The predicted molar refractivity (Wildman–Crippen MR) is 176 cm³/mol. The molecule has 0 spiro atoms. The van der Waals surface area contributed by atoms with Crippen molar-refractivity contribution in [3.63, 3.8) is 0 Å². The van der Waals surface area contributed by atoms with Crippen LogP contribution >= 0.6 is 43.5 Å². The number of benzene rings is 3. The summed E-state index contributed by atoms with van der Waals surface area (Å²) in [5.74, 6) is -2.24. The Balaban J connectivity index is 1.15. The van der Waals surface area contributed by atoms with E-state index >= 15 is 0 Å². The number of nitro benzene ring substituents is 1. The summed E-state index contributed by atoms with van der Waals surface area (Å²) < 4.78 is 5.35. The first-order chi connectivity index (χ1) is 22.0. The zero-order valence-electron chi connectivity index (χ0n) is 23.6. The number of nitrogens with zero attached hydrogens (tertiary/aromatic N) is 3. The van der Waals surface area contributed by atoms with Gasteiger partial charge in [0, 0.05) is 38.3 Å². The molecule has 10 nitrogen and oxygen atoms in total. The van der Waals surface area contributed by atoms with Gasteiger partial charge in [-0.1, -0.05) is 79.9 Å². The number of hydrogen-bond acceptors (Lipinski definition) is 8. The summed E-state index contributed by atoms with van der Waals surface area (Å²) in [6, 6.07) is 18.4. The van der Waals surface area contributed by atoms with Gasteiger partial charge in [-0.15, -0.1) is 0 Å². The van der Waals surface area contributed by atoms with Crippen molar-refractivity contribution >= 4 is 89.3 Å². The molecule has 13 heteroatoms. The average molecular weight is 768 g/mol. The van der Waals surface area contributed by atoms with Crippen LogP contribution in [-0.2, 0) is 14.3 Å². The Morgan fingerprint density at radius 2 is 1.61 bits per heavy atom. The lowest BCUT2D eigenvalue weighted by Crippen LogP contribution is -2.37. The number of carbonyl (C=O) groups excluding carboxylic acids is 4. The van der Waals surface area contributed by atoms with E-state index in [1.165, 1.54) is 29.2 Å². The topological polar surface area (TPSA) is 137 Å². The van der Waals surface area contributed by atoms with Crippen LogP contribution in [0.2, 0.25) is 5.02 Å². The number of para-hydroxylation sites is 1. The van der Waals surface area contributed by atoms with E-state index in [4.69, 9.17) is 16.3 Å². The number of esters is 1. The zero-order valence-corrected chi connectivity index (χ0v) is 27.6. The molecular formula is C33H22Br2ClN3O7. The fraction of sp³-hybridized carbons (Fsp3) is 0.242. The van der Waals surface area contributed by atoms with Crippen LogP contribution in [0, 0.1) is 33.8 Å². The van der Waals surface area contributed by atoms with Gasteiger partial charge in [0.15, 0.2) is 6.61 Å². The van der Waals surface area contributed by atoms with Gasteiger partial charge in [-0.3, -0.25) is 29.4 Å². The molecule has 2 saturated carbocycles. The molecule has 7 rings (SSSR count). The zero-order chi connectivity index (χ0) is 32.4. The second-order valence-corrected chi connectivity index (χ2v) is 14.1. The number of anilines is 1. The highest BCUT2D eigenvalue weighted by Crippen LogP contribution is 2.60. The monoisotopic (exact) mass is 765 g/mol. The number of non-ortho nitro benzene ring substituents is 1. The minimum atomic E-state index is -0.809. The lowest BCUT2D eigenvalue weighted by molar-refractivity contribution is -0.384. The lowest BCUT2D eigenvalue weighted by Gasteiger charge is -2.28. The van der Waals surface area contributed by atoms with Crippen molar-refractivity contribution in [3.05, 3.63) is 99.1 Å². The number of fused-ring (bicyclic) bond motifs is 6. The number of ether oxygens (including phenoxy) is 1. The lowest BCUT2D eigenvalue weighted by atomic mass is 9.81. The number of pyridine rings is 1. The van der Waals surface area contributed by atoms with Gasteiger partial charge >= 0.3 is 5.97 Å². The fourth-order valence-corrected chi connectivity index (χ4v) is 9.09. The number of alkyl halides is 2. The van der Waals surface area contributed by atoms with Crippen LogP contribution in [0.5, 0.6) is 0 Å². The summed E-state index contributed by atoms with van der Waals surface area (Å²) in [5.41, 5.74) is 1.66. The van der Waals surface area contributed by atoms with Crippen LogP contribution in [0.4, 0.5) is 11.4 Å². The van der Waals surface area contributed by atoms with Crippen LogP contribution < -0.4 is 4.90 Å². The summed E-state index contributed by atoms with van der Waals surface area (Å²) in [7, 11) is 0. The van der Waals surface area contributed by atoms with Gasteiger partial charge in [0.25, 0.3) is 5.69 Å². The minimum Gasteiger partial charge on any atom is -0.454 e. The summed E-state index contributed by atoms with van der Waals surface area (Å²) in [6.07, 6.45) is 0.843. The van der Waals surface area contributed by atoms with Crippen LogP contribution in [0.15, 0.2) is 72.8 Å². The Morgan fingerprint density at radius 3 is 2.26 bits per heavy atom. The van der Waals surface area contributed by atoms with Crippen molar-refractivity contribution in [3.8, 4) is 11.3 Å². The standard InChI is InChI=1S/C33H22Br2ClN3O7/c34-28-21-12-22(29(28)35)27-26(21)31(41)38(32(27)42)17-9-7-15(8-10-17)24-13-20(19-5-2-6-23(36)30(19)37-24)33(43)46-14-25(40)16-3-1-4-18(11-16)39(44)45/h1-11,13,21-22,26-29H,12,14H2. The van der Waals surface area contributed by atoms with Crippen LogP contribution in [-0.4, -0.2) is 49.7 Å². The number of carbonyl (C=O) groups is 4. The molecule has 3 fully saturated rings. The molecule has 46 heavy (non-hydrogen) atoms. The number of nitro groups is 1. The van der Waals surface area contributed by atoms with E-state index < -0.39 is 23.3 Å². The van der Waals surface area contributed by atoms with Crippen molar-refractivity contribution in [1.29, 1.82) is 0 Å². The van der Waals surface area contributed by atoms with E-state index in [9.17, 15) is 29.3 Å². The van der Waals surface area contributed by atoms with Crippen molar-refractivity contribution in [2.24, 2.45) is 23.7 Å². The average Bonchev–Trinajstić information content (AvgIpc) is 3.68. The molecule has 2 heterocycles. The number of hydrogen-bond donors (Lipinski definition) is 0. The second-order valence-electron chi connectivity index (χ2n) is 11.6. The van der Waals surface area contributed by atoms with E-state index in [1.54, 1.807) is 42.5 Å². The number of rotatable bonds is 7. The predicted octanol–water partition coefficient (Wildman–Crippen LogP) is 6.79. The van der Waals surface area contributed by atoms with Gasteiger partial charge in [-0.2, -0.15) is 0 Å². The molecule has 2 aliphatic carbocycles. The largest absolute Gasteiger partial charge is 0.454 e. The number of amides is 2. The van der Waals surface area contributed by atoms with Gasteiger partial charge in [0.05, 0.1) is 44.2 Å². The summed E-state index contributed by atoms with van der Waals surface area (Å²) >= 11 is 13.9. The van der Waals surface area contributed by atoms with Crippen molar-refractivity contribution < 1.29 is 28.8 Å². The Morgan fingerprint density at radius 1 is 0.957 bits per heavy atom. The van der Waals surface area contributed by atoms with Crippen LogP contribution in [0.3, 0.4) is 0 Å². The maximum Gasteiger partial charge on any atom is 0.339 e. The maximum absolute atomic E-state index is 13.5.